The number of aromatic nitrogens is 2. The van der Waals surface area contributed by atoms with Crippen LogP contribution in [0.25, 0.3) is 38.8 Å². The van der Waals surface area contributed by atoms with E-state index in [0.29, 0.717) is 5.69 Å². The molecule has 0 aliphatic carbocycles. The van der Waals surface area contributed by atoms with Gasteiger partial charge in [-0.25, -0.2) is 4.98 Å². The van der Waals surface area contributed by atoms with E-state index >= 15 is 0 Å². The average molecular weight is 811 g/mol. The van der Waals surface area contributed by atoms with Crippen LogP contribution < -0.4 is 20.2 Å². The SMILES string of the molecule is [2H]C([2H])([2H])N1CN(c2[c-]c([Si](C)(C)c3[c-]c4c(cc3)c3ccccc3n4-c3cc(-c4c(C)cccc4C)ccn3)ccc2)c2ccccc21.[Pt+2]. The molecule has 6 heteroatoms. The number of hydrogen-bond acceptors (Lipinski definition) is 3. The molecule has 2 aromatic heterocycles. The number of fused-ring (bicyclic) bond motifs is 4. The fraction of sp³-hybridized carbons (Fsp3) is 0.146. The number of aryl methyl sites for hydroxylation is 2. The van der Waals surface area contributed by atoms with Crippen LogP contribution in [0.4, 0.5) is 17.1 Å². The molecule has 0 radical (unpaired) electrons. The van der Waals surface area contributed by atoms with Crippen LogP contribution in [0.1, 0.15) is 15.2 Å². The first-order valence-corrected chi connectivity index (χ1v) is 18.7. The summed E-state index contributed by atoms with van der Waals surface area (Å²) in [5.74, 6) is 0.860. The molecule has 0 bridgehead atoms. The van der Waals surface area contributed by atoms with Gasteiger partial charge in [0, 0.05) is 22.8 Å². The largest absolute Gasteiger partial charge is 2.00 e. The number of anilines is 3. The van der Waals surface area contributed by atoms with E-state index in [4.69, 9.17) is 9.10 Å². The maximum absolute atomic E-state index is 8.14. The molecule has 0 spiro atoms. The Morgan fingerprint density at radius 2 is 1.47 bits per heavy atom. The summed E-state index contributed by atoms with van der Waals surface area (Å²) < 4.78 is 26.7. The van der Waals surface area contributed by atoms with Gasteiger partial charge in [0.05, 0.1) is 26.1 Å². The molecule has 0 saturated heterocycles. The molecule has 0 saturated carbocycles. The van der Waals surface area contributed by atoms with Gasteiger partial charge >= 0.3 is 21.1 Å². The third-order valence-corrected chi connectivity index (χ3v) is 12.8. The van der Waals surface area contributed by atoms with Crippen molar-refractivity contribution in [1.29, 1.82) is 0 Å². The second-order valence-corrected chi connectivity index (χ2v) is 17.0. The monoisotopic (exact) mass is 810 g/mol. The summed E-state index contributed by atoms with van der Waals surface area (Å²) in [4.78, 5) is 8.45. The van der Waals surface area contributed by atoms with Crippen LogP contribution in [-0.4, -0.2) is 31.3 Å². The predicted molar refractivity (Wildman–Crippen MR) is 196 cm³/mol. The number of para-hydroxylation sites is 3. The Labute approximate surface area is 296 Å². The minimum atomic E-state index is -2.35. The van der Waals surface area contributed by atoms with Gasteiger partial charge in [0.25, 0.3) is 0 Å². The van der Waals surface area contributed by atoms with Gasteiger partial charge < -0.3 is 14.4 Å². The Morgan fingerprint density at radius 3 is 2.28 bits per heavy atom. The molecule has 47 heavy (non-hydrogen) atoms. The zero-order valence-electron chi connectivity index (χ0n) is 29.8. The summed E-state index contributed by atoms with van der Waals surface area (Å²) in [5.41, 5.74) is 9.40. The van der Waals surface area contributed by atoms with Crippen molar-refractivity contribution in [2.45, 2.75) is 26.9 Å². The number of rotatable bonds is 5. The van der Waals surface area contributed by atoms with Crippen LogP contribution >= 0.6 is 0 Å². The Kier molecular flexibility index (Phi) is 7.04. The van der Waals surface area contributed by atoms with Crippen molar-refractivity contribution in [3.05, 3.63) is 139 Å². The number of benzene rings is 5. The van der Waals surface area contributed by atoms with Crippen LogP contribution in [0, 0.1) is 26.0 Å². The standard InChI is InChI=1S/C41H36N4Si.Pt/c1-28-12-10-13-29(2)41(28)30-22-23-42-40(24-30)45-36-17-7-6-16-34(36)35-21-20-33(26-39(35)45)46(4,5)32-15-11-14-31(25-32)44-27-43(3)37-18-8-9-19-38(37)44;/h6-24H,27H2,1-5H3;/q-2;+2/i3D3;. The molecule has 5 aromatic carbocycles. The molecular formula is C41H36N4PtSi. The van der Waals surface area contributed by atoms with Crippen molar-refractivity contribution in [2.75, 3.05) is 23.4 Å². The fourth-order valence-corrected chi connectivity index (χ4v) is 9.18. The number of pyridine rings is 1. The predicted octanol–water partition coefficient (Wildman–Crippen LogP) is 8.43. The Morgan fingerprint density at radius 1 is 0.745 bits per heavy atom. The van der Waals surface area contributed by atoms with E-state index in [0.717, 1.165) is 49.5 Å². The molecular weight excluding hydrogens is 772 g/mol. The second kappa shape index (κ2) is 12.0. The zero-order chi connectivity index (χ0) is 34.1. The van der Waals surface area contributed by atoms with Gasteiger partial charge in [-0.1, -0.05) is 72.8 Å². The smallest absolute Gasteiger partial charge is 0.355 e. The van der Waals surface area contributed by atoms with Crippen molar-refractivity contribution >= 4 is 57.3 Å². The van der Waals surface area contributed by atoms with Gasteiger partial charge in [-0.2, -0.15) is 46.8 Å². The third-order valence-electron chi connectivity index (χ3n) is 9.49. The topological polar surface area (TPSA) is 24.3 Å². The van der Waals surface area contributed by atoms with Gasteiger partial charge in [0.2, 0.25) is 0 Å². The van der Waals surface area contributed by atoms with Crippen molar-refractivity contribution in [3.8, 4) is 16.9 Å². The minimum absolute atomic E-state index is 0. The van der Waals surface area contributed by atoms with E-state index in [9.17, 15) is 0 Å². The minimum Gasteiger partial charge on any atom is -0.355 e. The van der Waals surface area contributed by atoms with E-state index < -0.39 is 15.0 Å². The van der Waals surface area contributed by atoms with Crippen molar-refractivity contribution in [2.24, 2.45) is 0 Å². The quantitative estimate of drug-likeness (QED) is 0.129. The summed E-state index contributed by atoms with van der Waals surface area (Å²) in [5, 5.41) is 4.59. The summed E-state index contributed by atoms with van der Waals surface area (Å²) in [6.45, 7) is 6.98. The van der Waals surface area contributed by atoms with E-state index in [1.807, 2.05) is 36.5 Å². The molecule has 0 unspecified atom stereocenters. The van der Waals surface area contributed by atoms with E-state index in [1.54, 1.807) is 0 Å². The molecule has 7 aromatic rings. The van der Waals surface area contributed by atoms with Gasteiger partial charge in [0.15, 0.2) is 0 Å². The zero-order valence-corrected chi connectivity index (χ0v) is 30.1. The second-order valence-electron chi connectivity index (χ2n) is 12.7. The average Bonchev–Trinajstić information content (AvgIpc) is 3.65. The molecule has 0 atom stereocenters. The molecule has 234 valence electrons. The first-order chi connectivity index (χ1) is 23.5. The molecule has 0 fully saturated rings. The van der Waals surface area contributed by atoms with Crippen molar-refractivity contribution in [3.63, 3.8) is 0 Å². The molecule has 0 N–H and O–H groups in total. The van der Waals surface area contributed by atoms with E-state index in [1.165, 1.54) is 27.0 Å². The molecule has 0 amide bonds. The first kappa shape index (κ1) is 27.6. The number of nitrogens with zero attached hydrogens (tertiary/aromatic N) is 4. The van der Waals surface area contributed by atoms with Crippen molar-refractivity contribution < 1.29 is 25.2 Å². The summed E-state index contributed by atoms with van der Waals surface area (Å²) in [6.07, 6.45) is 1.91. The Bertz CT molecular complexity index is 2380. The molecule has 8 rings (SSSR count). The summed E-state index contributed by atoms with van der Waals surface area (Å²) in [7, 11) is -2.35. The molecule has 1 aliphatic rings. The van der Waals surface area contributed by atoms with Gasteiger partial charge in [0.1, 0.15) is 5.82 Å². The van der Waals surface area contributed by atoms with E-state index in [-0.39, 0.29) is 27.7 Å². The van der Waals surface area contributed by atoms with Crippen LogP contribution in [0.15, 0.2) is 115 Å². The van der Waals surface area contributed by atoms with Gasteiger partial charge in [-0.05, 0) is 71.8 Å². The third kappa shape index (κ3) is 5.13. The molecule has 1 aliphatic heterocycles. The van der Waals surface area contributed by atoms with Gasteiger partial charge in [-0.3, -0.25) is 0 Å². The van der Waals surface area contributed by atoms with Crippen LogP contribution in [0.5, 0.6) is 0 Å². The summed E-state index contributed by atoms with van der Waals surface area (Å²) >= 11 is 0. The van der Waals surface area contributed by atoms with Gasteiger partial charge in [-0.15, -0.1) is 11.5 Å². The first-order valence-electron chi connectivity index (χ1n) is 17.2. The fourth-order valence-electron chi connectivity index (χ4n) is 7.01. The Balaban J connectivity index is 0.00000392. The van der Waals surface area contributed by atoms with Crippen LogP contribution in [0.2, 0.25) is 13.1 Å². The number of hydrogen-bond donors (Lipinski definition) is 0. The van der Waals surface area contributed by atoms with Crippen LogP contribution in [-0.2, 0) is 21.1 Å². The van der Waals surface area contributed by atoms with Crippen LogP contribution in [0.3, 0.4) is 0 Å². The Hall–Kier alpha value is -4.44. The van der Waals surface area contributed by atoms with Crippen molar-refractivity contribution in [1.82, 2.24) is 9.55 Å². The maximum atomic E-state index is 8.14. The summed E-state index contributed by atoms with van der Waals surface area (Å²) in [6, 6.07) is 45.3. The molecule has 4 nitrogen and oxygen atoms in total. The maximum Gasteiger partial charge on any atom is 2.00 e. The van der Waals surface area contributed by atoms with E-state index in [2.05, 4.69) is 127 Å². The normalized spacial score (nSPS) is 14.1. The molecule has 3 heterocycles.